The van der Waals surface area contributed by atoms with Crippen molar-refractivity contribution in [3.05, 3.63) is 59.7 Å². The van der Waals surface area contributed by atoms with Crippen molar-refractivity contribution in [2.45, 2.75) is 6.54 Å². The minimum Gasteiger partial charge on any atom is -0.496 e. The second-order valence-corrected chi connectivity index (χ2v) is 5.43. The number of hydrogen-bond donors (Lipinski definition) is 0. The van der Waals surface area contributed by atoms with Crippen LogP contribution in [0.5, 0.6) is 5.75 Å². The first-order valence-electron chi connectivity index (χ1n) is 6.51. The zero-order valence-corrected chi connectivity index (χ0v) is 12.3. The summed E-state index contributed by atoms with van der Waals surface area (Å²) in [6, 6.07) is 11.2. The molecule has 2 aromatic heterocycles. The Labute approximate surface area is 126 Å². The fraction of sp³-hybridized carbons (Fsp3) is 0.125. The van der Waals surface area contributed by atoms with Gasteiger partial charge in [-0.15, -0.1) is 11.3 Å². The molecule has 4 nitrogen and oxygen atoms in total. The van der Waals surface area contributed by atoms with Gasteiger partial charge in [0.05, 0.1) is 24.1 Å². The van der Waals surface area contributed by atoms with Crippen LogP contribution in [0, 0.1) is 0 Å². The van der Waals surface area contributed by atoms with Crippen LogP contribution < -0.4 is 4.74 Å². The highest BCUT2D eigenvalue weighted by Crippen LogP contribution is 2.24. The molecule has 0 spiro atoms. The van der Waals surface area contributed by atoms with Crippen molar-refractivity contribution in [3.8, 4) is 16.5 Å². The summed E-state index contributed by atoms with van der Waals surface area (Å²) in [7, 11) is 1.57. The standard InChI is InChI=1S/C16H14N2O2S/c1-20-14-6-3-2-5-12(14)13(19)11-18-9-8-17-16(18)15-7-4-10-21-15/h2-10H,11H2,1H3. The summed E-state index contributed by atoms with van der Waals surface area (Å²) < 4.78 is 7.11. The molecule has 0 saturated carbocycles. The van der Waals surface area contributed by atoms with Gasteiger partial charge in [-0.1, -0.05) is 18.2 Å². The number of benzene rings is 1. The normalized spacial score (nSPS) is 10.5. The van der Waals surface area contributed by atoms with E-state index >= 15 is 0 Å². The van der Waals surface area contributed by atoms with Crippen LogP contribution in [0.1, 0.15) is 10.4 Å². The number of hydrogen-bond acceptors (Lipinski definition) is 4. The molecule has 0 aliphatic carbocycles. The van der Waals surface area contributed by atoms with E-state index in [0.29, 0.717) is 11.3 Å². The molecule has 0 aliphatic heterocycles. The van der Waals surface area contributed by atoms with Crippen molar-refractivity contribution in [3.63, 3.8) is 0 Å². The third kappa shape index (κ3) is 2.73. The monoisotopic (exact) mass is 298 g/mol. The highest BCUT2D eigenvalue weighted by atomic mass is 32.1. The zero-order valence-electron chi connectivity index (χ0n) is 11.5. The second kappa shape index (κ2) is 5.93. The number of imidazole rings is 1. The lowest BCUT2D eigenvalue weighted by atomic mass is 10.1. The summed E-state index contributed by atoms with van der Waals surface area (Å²) in [4.78, 5) is 17.9. The van der Waals surface area contributed by atoms with Crippen molar-refractivity contribution in [2.24, 2.45) is 0 Å². The minimum absolute atomic E-state index is 0.00301. The molecule has 0 fully saturated rings. The van der Waals surface area contributed by atoms with E-state index < -0.39 is 0 Å². The molecule has 0 saturated heterocycles. The van der Waals surface area contributed by atoms with E-state index in [4.69, 9.17) is 4.74 Å². The Morgan fingerprint density at radius 3 is 2.90 bits per heavy atom. The van der Waals surface area contributed by atoms with Crippen LogP contribution in [0.15, 0.2) is 54.2 Å². The van der Waals surface area contributed by atoms with E-state index in [1.807, 2.05) is 40.4 Å². The zero-order chi connectivity index (χ0) is 14.7. The number of carbonyl (C=O) groups is 1. The first-order chi connectivity index (χ1) is 10.3. The number of rotatable bonds is 5. The fourth-order valence-electron chi connectivity index (χ4n) is 2.18. The molecule has 0 unspecified atom stereocenters. The van der Waals surface area contributed by atoms with Gasteiger partial charge in [0.25, 0.3) is 0 Å². The number of Topliss-reactive ketones (excluding diaryl/α,β-unsaturated/α-hetero) is 1. The summed E-state index contributed by atoms with van der Waals surface area (Å²) in [6.45, 7) is 0.244. The quantitative estimate of drug-likeness (QED) is 0.677. The first kappa shape index (κ1) is 13.6. The number of ketones is 1. The Morgan fingerprint density at radius 2 is 2.14 bits per heavy atom. The van der Waals surface area contributed by atoms with Crippen molar-refractivity contribution in [2.75, 3.05) is 7.11 Å². The topological polar surface area (TPSA) is 44.1 Å². The van der Waals surface area contributed by atoms with Crippen molar-refractivity contribution in [1.82, 2.24) is 9.55 Å². The molecule has 106 valence electrons. The maximum absolute atomic E-state index is 12.5. The van der Waals surface area contributed by atoms with Crippen LogP contribution in [0.2, 0.25) is 0 Å². The lowest BCUT2D eigenvalue weighted by Crippen LogP contribution is -2.11. The van der Waals surface area contributed by atoms with E-state index in [1.165, 1.54) is 0 Å². The number of aromatic nitrogens is 2. The highest BCUT2D eigenvalue weighted by molar-refractivity contribution is 7.13. The molecule has 0 N–H and O–H groups in total. The van der Waals surface area contributed by atoms with Crippen molar-refractivity contribution >= 4 is 17.1 Å². The number of carbonyl (C=O) groups excluding carboxylic acids is 1. The summed E-state index contributed by atoms with van der Waals surface area (Å²) in [5, 5.41) is 2.00. The Hall–Kier alpha value is -2.40. The highest BCUT2D eigenvalue weighted by Gasteiger charge is 2.15. The summed E-state index contributed by atoms with van der Waals surface area (Å²) in [5.74, 6) is 1.41. The number of methoxy groups -OCH3 is 1. The number of thiophene rings is 1. The smallest absolute Gasteiger partial charge is 0.186 e. The first-order valence-corrected chi connectivity index (χ1v) is 7.39. The molecule has 3 rings (SSSR count). The van der Waals surface area contributed by atoms with E-state index in [1.54, 1.807) is 36.8 Å². The predicted molar refractivity (Wildman–Crippen MR) is 82.9 cm³/mol. The third-order valence-corrected chi connectivity index (χ3v) is 4.04. The Balaban J connectivity index is 1.88. The number of ether oxygens (including phenoxy) is 1. The maximum Gasteiger partial charge on any atom is 0.186 e. The van der Waals surface area contributed by atoms with Crippen LogP contribution in [0.25, 0.3) is 10.7 Å². The number of para-hydroxylation sites is 1. The van der Waals surface area contributed by atoms with Crippen LogP contribution in [-0.2, 0) is 6.54 Å². The van der Waals surface area contributed by atoms with Crippen LogP contribution in [0.4, 0.5) is 0 Å². The summed E-state index contributed by atoms with van der Waals surface area (Å²) in [6.07, 6.45) is 3.53. The van der Waals surface area contributed by atoms with Crippen LogP contribution >= 0.6 is 11.3 Å². The summed E-state index contributed by atoms with van der Waals surface area (Å²) >= 11 is 1.61. The minimum atomic E-state index is 0.00301. The molecule has 0 radical (unpaired) electrons. The Kier molecular flexibility index (Phi) is 3.83. The van der Waals surface area contributed by atoms with Gasteiger partial charge in [-0.2, -0.15) is 0 Å². The lowest BCUT2D eigenvalue weighted by Gasteiger charge is -2.09. The van der Waals surface area contributed by atoms with Gasteiger partial charge in [-0.05, 0) is 23.6 Å². The molecule has 0 amide bonds. The van der Waals surface area contributed by atoms with Gasteiger partial charge in [0.1, 0.15) is 11.6 Å². The molecule has 0 bridgehead atoms. The van der Waals surface area contributed by atoms with Crippen molar-refractivity contribution < 1.29 is 9.53 Å². The molecular weight excluding hydrogens is 284 g/mol. The molecule has 3 aromatic rings. The van der Waals surface area contributed by atoms with Gasteiger partial charge in [-0.3, -0.25) is 4.79 Å². The van der Waals surface area contributed by atoms with Gasteiger partial charge >= 0.3 is 0 Å². The van der Waals surface area contributed by atoms with Crippen molar-refractivity contribution in [1.29, 1.82) is 0 Å². The molecule has 2 heterocycles. The SMILES string of the molecule is COc1ccccc1C(=O)Cn1ccnc1-c1cccs1. The van der Waals surface area contributed by atoms with Gasteiger partial charge in [0.15, 0.2) is 5.78 Å². The van der Waals surface area contributed by atoms with Crippen LogP contribution in [0.3, 0.4) is 0 Å². The molecular formula is C16H14N2O2S. The largest absolute Gasteiger partial charge is 0.496 e. The van der Waals surface area contributed by atoms with E-state index in [0.717, 1.165) is 10.7 Å². The Morgan fingerprint density at radius 1 is 1.29 bits per heavy atom. The molecule has 1 aromatic carbocycles. The molecule has 5 heteroatoms. The van der Waals surface area contributed by atoms with E-state index in [2.05, 4.69) is 4.98 Å². The molecule has 0 atom stereocenters. The Bertz CT molecular complexity index is 747. The predicted octanol–water partition coefficient (Wildman–Crippen LogP) is 3.50. The lowest BCUT2D eigenvalue weighted by molar-refractivity contribution is 0.0969. The van der Waals surface area contributed by atoms with E-state index in [9.17, 15) is 4.79 Å². The fourth-order valence-corrected chi connectivity index (χ4v) is 2.92. The van der Waals surface area contributed by atoms with Gasteiger partial charge < -0.3 is 9.30 Å². The summed E-state index contributed by atoms with van der Waals surface area (Å²) in [5.41, 5.74) is 0.589. The average Bonchev–Trinajstić information content (AvgIpc) is 3.17. The van der Waals surface area contributed by atoms with Gasteiger partial charge in [0, 0.05) is 12.4 Å². The maximum atomic E-state index is 12.5. The third-order valence-electron chi connectivity index (χ3n) is 3.18. The number of nitrogens with zero attached hydrogens (tertiary/aromatic N) is 2. The molecule has 21 heavy (non-hydrogen) atoms. The van der Waals surface area contributed by atoms with Gasteiger partial charge in [0.2, 0.25) is 0 Å². The van der Waals surface area contributed by atoms with Crippen LogP contribution in [-0.4, -0.2) is 22.4 Å². The average molecular weight is 298 g/mol. The van der Waals surface area contributed by atoms with Gasteiger partial charge in [-0.25, -0.2) is 4.98 Å². The second-order valence-electron chi connectivity index (χ2n) is 4.48. The molecule has 0 aliphatic rings. The van der Waals surface area contributed by atoms with E-state index in [-0.39, 0.29) is 12.3 Å².